The van der Waals surface area contributed by atoms with E-state index >= 15 is 0 Å². The van der Waals surface area contributed by atoms with Crippen molar-refractivity contribution in [2.75, 3.05) is 11.9 Å². The Kier molecular flexibility index (Phi) is 6.24. The number of thiophene rings is 1. The molecular weight excluding hydrogens is 346 g/mol. The molecule has 140 valence electrons. The molecule has 0 unspecified atom stereocenters. The van der Waals surface area contributed by atoms with Crippen molar-refractivity contribution < 1.29 is 14.3 Å². The molecule has 1 aromatic heterocycles. The molecule has 0 aliphatic rings. The number of anilines is 1. The third-order valence-corrected chi connectivity index (χ3v) is 4.78. The first-order chi connectivity index (χ1) is 12.1. The van der Waals surface area contributed by atoms with E-state index in [9.17, 15) is 9.59 Å². The second-order valence-corrected chi connectivity index (χ2v) is 8.56. The molecule has 1 amide bonds. The van der Waals surface area contributed by atoms with Crippen LogP contribution in [0.5, 0.6) is 0 Å². The summed E-state index contributed by atoms with van der Waals surface area (Å²) >= 11 is 1.36. The van der Waals surface area contributed by atoms with Crippen molar-refractivity contribution in [3.63, 3.8) is 0 Å². The Morgan fingerprint density at radius 1 is 1.15 bits per heavy atom. The van der Waals surface area contributed by atoms with Crippen molar-refractivity contribution in [3.05, 3.63) is 40.3 Å². The maximum absolute atomic E-state index is 12.6. The van der Waals surface area contributed by atoms with E-state index in [0.717, 1.165) is 22.3 Å². The maximum atomic E-state index is 12.6. The van der Waals surface area contributed by atoms with Crippen LogP contribution < -0.4 is 5.32 Å². The van der Waals surface area contributed by atoms with Crippen LogP contribution in [0.1, 0.15) is 55.6 Å². The van der Waals surface area contributed by atoms with Gasteiger partial charge in [-0.2, -0.15) is 0 Å². The molecule has 0 atom stereocenters. The van der Waals surface area contributed by atoms with Crippen LogP contribution in [0.25, 0.3) is 11.1 Å². The molecule has 0 saturated carbocycles. The lowest BCUT2D eigenvalue weighted by atomic mass is 9.92. The summed E-state index contributed by atoms with van der Waals surface area (Å²) in [7, 11) is 0. The lowest BCUT2D eigenvalue weighted by Crippen LogP contribution is -2.20. The van der Waals surface area contributed by atoms with E-state index in [4.69, 9.17) is 4.74 Å². The average Bonchev–Trinajstić information content (AvgIpc) is 2.88. The van der Waals surface area contributed by atoms with Crippen molar-refractivity contribution in [3.8, 4) is 11.1 Å². The Morgan fingerprint density at radius 2 is 1.85 bits per heavy atom. The third-order valence-electron chi connectivity index (χ3n) is 3.89. The molecular formula is C21H27NO3S. The van der Waals surface area contributed by atoms with Gasteiger partial charge in [-0.25, -0.2) is 4.79 Å². The number of carbonyl (C=O) groups excluding carboxylic acids is 2. The summed E-state index contributed by atoms with van der Waals surface area (Å²) in [5.74, 6) is -0.508. The number of aryl methyl sites for hydroxylation is 2. The molecule has 0 saturated heterocycles. The van der Waals surface area contributed by atoms with Crippen molar-refractivity contribution in [2.24, 2.45) is 5.41 Å². The Bertz CT molecular complexity index is 815. The van der Waals surface area contributed by atoms with Gasteiger partial charge in [-0.15, -0.1) is 11.3 Å². The van der Waals surface area contributed by atoms with E-state index in [1.165, 1.54) is 11.3 Å². The highest BCUT2D eigenvalue weighted by molar-refractivity contribution is 7.15. The lowest BCUT2D eigenvalue weighted by molar-refractivity contribution is -0.117. The quantitative estimate of drug-likeness (QED) is 0.696. The van der Waals surface area contributed by atoms with Gasteiger partial charge in [-0.3, -0.25) is 4.79 Å². The molecule has 0 aliphatic heterocycles. The summed E-state index contributed by atoms with van der Waals surface area (Å²) < 4.78 is 5.25. The number of hydrogen-bond donors (Lipinski definition) is 1. The molecule has 0 fully saturated rings. The van der Waals surface area contributed by atoms with Crippen LogP contribution in [0.15, 0.2) is 23.6 Å². The van der Waals surface area contributed by atoms with Gasteiger partial charge < -0.3 is 10.1 Å². The van der Waals surface area contributed by atoms with E-state index in [-0.39, 0.29) is 17.9 Å². The summed E-state index contributed by atoms with van der Waals surface area (Å²) in [6.07, 6.45) is 0.381. The molecule has 1 aromatic carbocycles. The van der Waals surface area contributed by atoms with Crippen LogP contribution in [-0.2, 0) is 9.53 Å². The van der Waals surface area contributed by atoms with E-state index in [1.807, 2.05) is 52.1 Å². The first-order valence-corrected chi connectivity index (χ1v) is 9.66. The predicted octanol–water partition coefficient (Wildman–Crippen LogP) is 5.58. The van der Waals surface area contributed by atoms with Gasteiger partial charge in [0, 0.05) is 17.4 Å². The van der Waals surface area contributed by atoms with Gasteiger partial charge in [-0.1, -0.05) is 44.5 Å². The molecule has 0 bridgehead atoms. The minimum absolute atomic E-state index is 0.0999. The lowest BCUT2D eigenvalue weighted by Gasteiger charge is -2.17. The number of esters is 1. The highest BCUT2D eigenvalue weighted by Crippen LogP contribution is 2.38. The zero-order valence-electron chi connectivity index (χ0n) is 16.4. The molecule has 26 heavy (non-hydrogen) atoms. The number of hydrogen-bond acceptors (Lipinski definition) is 4. The maximum Gasteiger partial charge on any atom is 0.341 e. The Hall–Kier alpha value is -2.14. The van der Waals surface area contributed by atoms with Gasteiger partial charge in [0.05, 0.1) is 6.61 Å². The largest absolute Gasteiger partial charge is 0.462 e. The van der Waals surface area contributed by atoms with Gasteiger partial charge in [-0.05, 0) is 37.3 Å². The zero-order valence-corrected chi connectivity index (χ0v) is 17.2. The number of nitrogens with one attached hydrogen (secondary N) is 1. The Labute approximate surface area is 159 Å². The molecule has 5 heteroatoms. The predicted molar refractivity (Wildman–Crippen MR) is 108 cm³/mol. The van der Waals surface area contributed by atoms with Crippen LogP contribution in [0.2, 0.25) is 0 Å². The van der Waals surface area contributed by atoms with E-state index in [2.05, 4.69) is 11.4 Å². The number of amides is 1. The Morgan fingerprint density at radius 3 is 2.42 bits per heavy atom. The van der Waals surface area contributed by atoms with Crippen molar-refractivity contribution in [1.29, 1.82) is 0 Å². The monoisotopic (exact) mass is 373 g/mol. The highest BCUT2D eigenvalue weighted by Gasteiger charge is 2.25. The Balaban J connectivity index is 2.45. The number of benzene rings is 1. The van der Waals surface area contributed by atoms with Gasteiger partial charge in [0.2, 0.25) is 5.91 Å². The number of rotatable bonds is 5. The number of ether oxygens (including phenoxy) is 1. The minimum atomic E-state index is -0.408. The van der Waals surface area contributed by atoms with Crippen LogP contribution in [0, 0.1) is 19.3 Å². The van der Waals surface area contributed by atoms with E-state index in [0.29, 0.717) is 17.0 Å². The molecule has 0 spiro atoms. The molecule has 2 aromatic rings. The fraction of sp³-hybridized carbons (Fsp3) is 0.429. The van der Waals surface area contributed by atoms with E-state index in [1.54, 1.807) is 6.92 Å². The van der Waals surface area contributed by atoms with Crippen LogP contribution in [0.4, 0.5) is 5.00 Å². The third kappa shape index (κ3) is 4.94. The average molecular weight is 374 g/mol. The van der Waals surface area contributed by atoms with Crippen molar-refractivity contribution in [1.82, 2.24) is 0 Å². The smallest absolute Gasteiger partial charge is 0.341 e. The van der Waals surface area contributed by atoms with Gasteiger partial charge >= 0.3 is 5.97 Å². The molecule has 0 radical (unpaired) electrons. The van der Waals surface area contributed by atoms with Crippen molar-refractivity contribution in [2.45, 2.75) is 48.0 Å². The fourth-order valence-electron chi connectivity index (χ4n) is 2.82. The van der Waals surface area contributed by atoms with Crippen LogP contribution in [0.3, 0.4) is 0 Å². The molecule has 4 nitrogen and oxygen atoms in total. The summed E-state index contributed by atoms with van der Waals surface area (Å²) in [4.78, 5) is 25.0. The topological polar surface area (TPSA) is 55.4 Å². The standard InChI is InChI=1S/C21H27NO3S/c1-7-25-20(24)18-16(15-9-8-13(2)10-14(15)3)12-26-19(18)22-17(23)11-21(4,5)6/h8-10,12H,7,11H2,1-6H3,(H,22,23). The number of carbonyl (C=O) groups is 2. The first-order valence-electron chi connectivity index (χ1n) is 8.78. The molecule has 2 rings (SSSR count). The summed E-state index contributed by atoms with van der Waals surface area (Å²) in [5, 5.41) is 5.37. The van der Waals surface area contributed by atoms with Gasteiger partial charge in [0.15, 0.2) is 0 Å². The summed E-state index contributed by atoms with van der Waals surface area (Å²) in [5.41, 5.74) is 4.34. The van der Waals surface area contributed by atoms with E-state index < -0.39 is 5.97 Å². The van der Waals surface area contributed by atoms with Gasteiger partial charge in [0.25, 0.3) is 0 Å². The second kappa shape index (κ2) is 8.04. The van der Waals surface area contributed by atoms with Gasteiger partial charge in [0.1, 0.15) is 10.6 Å². The molecule has 0 aliphatic carbocycles. The normalized spacial score (nSPS) is 11.3. The highest BCUT2D eigenvalue weighted by atomic mass is 32.1. The molecule has 1 N–H and O–H groups in total. The second-order valence-electron chi connectivity index (χ2n) is 7.68. The summed E-state index contributed by atoms with van der Waals surface area (Å²) in [6.45, 7) is 12.1. The minimum Gasteiger partial charge on any atom is -0.462 e. The first kappa shape index (κ1) is 20.2. The van der Waals surface area contributed by atoms with Crippen LogP contribution in [-0.4, -0.2) is 18.5 Å². The summed E-state index contributed by atoms with van der Waals surface area (Å²) in [6, 6.07) is 6.11. The van der Waals surface area contributed by atoms with Crippen molar-refractivity contribution >= 4 is 28.2 Å². The zero-order chi connectivity index (χ0) is 19.5. The fourth-order valence-corrected chi connectivity index (χ4v) is 3.79. The van der Waals surface area contributed by atoms with Crippen LogP contribution >= 0.6 is 11.3 Å². The SMILES string of the molecule is CCOC(=O)c1c(-c2ccc(C)cc2C)csc1NC(=O)CC(C)(C)C. The molecule has 1 heterocycles.